The molecule has 0 aliphatic carbocycles. The van der Waals surface area contributed by atoms with E-state index in [1.165, 1.54) is 13.2 Å². The number of nitrogens with zero attached hydrogens (tertiary/aromatic N) is 4. The lowest BCUT2D eigenvalue weighted by atomic mass is 10.3. The second-order valence-electron chi connectivity index (χ2n) is 4.51. The first-order valence-electron chi connectivity index (χ1n) is 6.53. The number of aryl methyl sites for hydroxylation is 1. The molecule has 3 aromatic rings. The van der Waals surface area contributed by atoms with Crippen LogP contribution in [0.5, 0.6) is 5.75 Å². The van der Waals surface area contributed by atoms with E-state index in [9.17, 15) is 9.59 Å². The molecule has 3 rings (SSSR count). The molecule has 0 aliphatic rings. The van der Waals surface area contributed by atoms with Crippen LogP contribution in [0.1, 0.15) is 16.2 Å². The van der Waals surface area contributed by atoms with Crippen LogP contribution in [-0.4, -0.2) is 33.0 Å². The Labute approximate surface area is 147 Å². The van der Waals surface area contributed by atoms with E-state index in [1.807, 2.05) is 13.0 Å². The zero-order valence-corrected chi connectivity index (χ0v) is 14.8. The summed E-state index contributed by atoms with van der Waals surface area (Å²) in [5, 5.41) is 15.2. The van der Waals surface area contributed by atoms with Crippen molar-refractivity contribution in [3.8, 4) is 10.9 Å². The number of halogens is 1. The van der Waals surface area contributed by atoms with E-state index >= 15 is 0 Å². The van der Waals surface area contributed by atoms with Crippen molar-refractivity contribution in [1.29, 1.82) is 0 Å². The van der Waals surface area contributed by atoms with Gasteiger partial charge in [-0.2, -0.15) is 5.10 Å². The average molecular weight is 412 g/mol. The summed E-state index contributed by atoms with van der Waals surface area (Å²) >= 11 is 4.28. The van der Waals surface area contributed by atoms with Crippen molar-refractivity contribution >= 4 is 38.3 Å². The fourth-order valence-electron chi connectivity index (χ4n) is 1.83. The highest BCUT2D eigenvalue weighted by atomic mass is 79.9. The number of hydrogen-bond acceptors (Lipinski definition) is 8. The van der Waals surface area contributed by atoms with E-state index in [0.29, 0.717) is 9.60 Å². The quantitative estimate of drug-likeness (QED) is 0.698. The van der Waals surface area contributed by atoms with E-state index in [-0.39, 0.29) is 16.6 Å². The standard InChI is InChI=1S/C13H10BrN5O4S/c1-6-3-4-15-19(6)13-18-17-12(24-13)16-10(20)8-5-7(14)9(22-2)11(21)23-8/h3-5H,1-2H3,(H,16,17,20). The van der Waals surface area contributed by atoms with Gasteiger partial charge in [0.25, 0.3) is 5.91 Å². The van der Waals surface area contributed by atoms with Gasteiger partial charge in [0, 0.05) is 18.0 Å². The number of rotatable bonds is 4. The maximum atomic E-state index is 12.2. The summed E-state index contributed by atoms with van der Waals surface area (Å²) in [6.45, 7) is 1.87. The van der Waals surface area contributed by atoms with Gasteiger partial charge in [0.15, 0.2) is 5.76 Å². The molecule has 0 saturated carbocycles. The molecule has 0 aromatic carbocycles. The zero-order valence-electron chi connectivity index (χ0n) is 12.4. The Morgan fingerprint density at radius 3 is 2.88 bits per heavy atom. The maximum absolute atomic E-state index is 12.2. The third kappa shape index (κ3) is 3.08. The Kier molecular flexibility index (Phi) is 4.44. The number of amides is 1. The first kappa shape index (κ1) is 16.3. The minimum Gasteiger partial charge on any atom is -0.489 e. The van der Waals surface area contributed by atoms with Crippen LogP contribution in [0.15, 0.2) is 32.0 Å². The van der Waals surface area contributed by atoms with Crippen LogP contribution in [0.2, 0.25) is 0 Å². The summed E-state index contributed by atoms with van der Waals surface area (Å²) in [4.78, 5) is 23.9. The molecule has 0 fully saturated rings. The minimum absolute atomic E-state index is 0.0149. The number of hydrogen-bond donors (Lipinski definition) is 1. The SMILES string of the molecule is COc1c(Br)cc(C(=O)Nc2nnc(-n3nccc3C)s2)oc1=O. The molecule has 1 amide bonds. The number of nitrogens with one attached hydrogen (secondary N) is 1. The second kappa shape index (κ2) is 6.53. The number of carbonyl (C=O) groups is 1. The van der Waals surface area contributed by atoms with Gasteiger partial charge in [-0.05, 0) is 28.9 Å². The van der Waals surface area contributed by atoms with Crippen LogP contribution in [0.3, 0.4) is 0 Å². The fourth-order valence-corrected chi connectivity index (χ4v) is 3.12. The van der Waals surface area contributed by atoms with Gasteiger partial charge >= 0.3 is 5.63 Å². The minimum atomic E-state index is -0.762. The lowest BCUT2D eigenvalue weighted by molar-refractivity contribution is 0.0991. The van der Waals surface area contributed by atoms with E-state index in [4.69, 9.17) is 9.15 Å². The number of methoxy groups -OCH3 is 1. The number of anilines is 1. The molecule has 9 nitrogen and oxygen atoms in total. The Bertz CT molecular complexity index is 963. The van der Waals surface area contributed by atoms with E-state index in [2.05, 4.69) is 36.5 Å². The van der Waals surface area contributed by atoms with Gasteiger partial charge in [0.05, 0.1) is 11.6 Å². The zero-order chi connectivity index (χ0) is 17.3. The fraction of sp³-hybridized carbons (Fsp3) is 0.154. The second-order valence-corrected chi connectivity index (χ2v) is 6.32. The van der Waals surface area contributed by atoms with Crippen LogP contribution in [0.25, 0.3) is 5.13 Å². The molecule has 24 heavy (non-hydrogen) atoms. The van der Waals surface area contributed by atoms with Gasteiger partial charge < -0.3 is 9.15 Å². The van der Waals surface area contributed by atoms with E-state index in [0.717, 1.165) is 17.0 Å². The van der Waals surface area contributed by atoms with Crippen molar-refractivity contribution < 1.29 is 13.9 Å². The molecule has 0 bridgehead atoms. The molecule has 0 radical (unpaired) electrons. The Balaban J connectivity index is 1.82. The van der Waals surface area contributed by atoms with Gasteiger partial charge in [-0.25, -0.2) is 9.48 Å². The molecule has 0 aliphatic heterocycles. The first-order valence-corrected chi connectivity index (χ1v) is 8.14. The molecular weight excluding hydrogens is 402 g/mol. The molecule has 0 unspecified atom stereocenters. The first-order chi connectivity index (χ1) is 11.5. The molecule has 0 atom stereocenters. The van der Waals surface area contributed by atoms with Gasteiger partial charge in [-0.15, -0.1) is 10.2 Å². The highest BCUT2D eigenvalue weighted by molar-refractivity contribution is 9.10. The highest BCUT2D eigenvalue weighted by Gasteiger charge is 2.18. The Morgan fingerprint density at radius 1 is 1.46 bits per heavy atom. The van der Waals surface area contributed by atoms with E-state index in [1.54, 1.807) is 10.9 Å². The van der Waals surface area contributed by atoms with Crippen LogP contribution in [0, 0.1) is 6.92 Å². The van der Waals surface area contributed by atoms with Crippen molar-refractivity contribution in [1.82, 2.24) is 20.0 Å². The average Bonchev–Trinajstić information content (AvgIpc) is 3.15. The number of aromatic nitrogens is 4. The summed E-state index contributed by atoms with van der Waals surface area (Å²) < 4.78 is 11.7. The summed E-state index contributed by atoms with van der Waals surface area (Å²) in [5.41, 5.74) is 0.122. The molecule has 11 heteroatoms. The van der Waals surface area contributed by atoms with Crippen LogP contribution in [-0.2, 0) is 0 Å². The van der Waals surface area contributed by atoms with E-state index < -0.39 is 11.5 Å². The number of ether oxygens (including phenoxy) is 1. The molecule has 0 saturated heterocycles. The smallest absolute Gasteiger partial charge is 0.380 e. The molecule has 3 heterocycles. The van der Waals surface area contributed by atoms with Gasteiger partial charge in [0.1, 0.15) is 0 Å². The lowest BCUT2D eigenvalue weighted by Crippen LogP contribution is -2.15. The normalized spacial score (nSPS) is 10.6. The number of carbonyl (C=O) groups excluding carboxylic acids is 1. The third-order valence-corrected chi connectivity index (χ3v) is 4.34. The maximum Gasteiger partial charge on any atom is 0.380 e. The summed E-state index contributed by atoms with van der Waals surface area (Å²) in [6, 6.07) is 3.17. The molecule has 1 N–H and O–H groups in total. The van der Waals surface area contributed by atoms with Crippen LogP contribution < -0.4 is 15.7 Å². The monoisotopic (exact) mass is 411 g/mol. The van der Waals surface area contributed by atoms with Gasteiger partial charge in [-0.1, -0.05) is 11.3 Å². The van der Waals surface area contributed by atoms with Crippen molar-refractivity contribution in [3.63, 3.8) is 0 Å². The molecule has 3 aromatic heterocycles. The highest BCUT2D eigenvalue weighted by Crippen LogP contribution is 2.23. The predicted molar refractivity (Wildman–Crippen MR) is 89.0 cm³/mol. The van der Waals surface area contributed by atoms with Crippen molar-refractivity contribution in [2.75, 3.05) is 12.4 Å². The predicted octanol–water partition coefficient (Wildman–Crippen LogP) is 2.01. The molecule has 124 valence electrons. The largest absolute Gasteiger partial charge is 0.489 e. The van der Waals surface area contributed by atoms with Crippen LogP contribution in [0.4, 0.5) is 5.13 Å². The Hall–Kier alpha value is -2.53. The topological polar surface area (TPSA) is 112 Å². The lowest BCUT2D eigenvalue weighted by Gasteiger charge is -2.03. The summed E-state index contributed by atoms with van der Waals surface area (Å²) in [6.07, 6.45) is 1.64. The summed E-state index contributed by atoms with van der Waals surface area (Å²) in [5.74, 6) is -0.825. The molecular formula is C13H10BrN5O4S. The van der Waals surface area contributed by atoms with Gasteiger partial charge in [0.2, 0.25) is 16.0 Å². The van der Waals surface area contributed by atoms with Crippen molar-refractivity contribution in [2.24, 2.45) is 0 Å². The molecule has 0 spiro atoms. The van der Waals surface area contributed by atoms with Crippen molar-refractivity contribution in [3.05, 3.63) is 44.7 Å². The summed E-state index contributed by atoms with van der Waals surface area (Å²) in [7, 11) is 1.33. The van der Waals surface area contributed by atoms with Gasteiger partial charge in [-0.3, -0.25) is 10.1 Å². The Morgan fingerprint density at radius 2 is 2.25 bits per heavy atom. The van der Waals surface area contributed by atoms with Crippen molar-refractivity contribution in [2.45, 2.75) is 6.92 Å². The van der Waals surface area contributed by atoms with Crippen LogP contribution >= 0.6 is 27.3 Å². The third-order valence-electron chi connectivity index (χ3n) is 2.94.